The number of nitrogens with zero attached hydrogens (tertiary/aromatic N) is 2. The van der Waals surface area contributed by atoms with Crippen LogP contribution in [0.15, 0.2) is 24.4 Å². The Hall–Kier alpha value is -1.95. The third-order valence-electron chi connectivity index (χ3n) is 2.04. The molecule has 0 atom stereocenters. The molecule has 7 heteroatoms. The van der Waals surface area contributed by atoms with Crippen LogP contribution in [0.2, 0.25) is 5.02 Å². The fraction of sp³-hybridized carbons (Fsp3) is 0.0909. The first-order valence-electron chi connectivity index (χ1n) is 4.93. The average molecular weight is 272 g/mol. The highest BCUT2D eigenvalue weighted by Crippen LogP contribution is 2.30. The summed E-state index contributed by atoms with van der Waals surface area (Å²) in [5.41, 5.74) is 0. The lowest BCUT2D eigenvalue weighted by atomic mass is 10.3. The van der Waals surface area contributed by atoms with E-state index in [4.69, 9.17) is 16.3 Å². The maximum atomic E-state index is 13.4. The third-order valence-corrected chi connectivity index (χ3v) is 2.33. The van der Waals surface area contributed by atoms with Crippen molar-refractivity contribution < 1.29 is 13.5 Å². The molecular formula is C11H8ClF2N3O. The summed E-state index contributed by atoms with van der Waals surface area (Å²) in [5.74, 6) is -1.23. The van der Waals surface area contributed by atoms with E-state index in [2.05, 4.69) is 15.3 Å². The topological polar surface area (TPSA) is 47.0 Å². The van der Waals surface area contributed by atoms with Crippen LogP contribution in [0.1, 0.15) is 0 Å². The lowest BCUT2D eigenvalue weighted by Gasteiger charge is -2.08. The van der Waals surface area contributed by atoms with Crippen LogP contribution in [-0.4, -0.2) is 17.0 Å². The van der Waals surface area contributed by atoms with Crippen molar-refractivity contribution >= 4 is 17.5 Å². The van der Waals surface area contributed by atoms with Gasteiger partial charge in [0.15, 0.2) is 0 Å². The second kappa shape index (κ2) is 5.14. The normalized spacial score (nSPS) is 10.2. The average Bonchev–Trinajstić information content (AvgIpc) is 2.35. The molecule has 0 fully saturated rings. The quantitative estimate of drug-likeness (QED) is 0.931. The number of hydrogen-bond acceptors (Lipinski definition) is 4. The maximum absolute atomic E-state index is 13.4. The standard InChI is InChI=1S/C11H8ClF2N3O/c1-15-11-16-5-8(14)10(17-11)18-9-3-2-6(13)4-7(9)12/h2-5H,1H3,(H,15,16,17). The number of aromatic nitrogens is 2. The summed E-state index contributed by atoms with van der Waals surface area (Å²) in [6, 6.07) is 3.51. The molecule has 0 amide bonds. The molecule has 2 aromatic rings. The predicted molar refractivity (Wildman–Crippen MR) is 63.0 cm³/mol. The van der Waals surface area contributed by atoms with Crippen molar-refractivity contribution in [2.45, 2.75) is 0 Å². The second-order valence-corrected chi connectivity index (χ2v) is 3.68. The lowest BCUT2D eigenvalue weighted by Crippen LogP contribution is -2.00. The predicted octanol–water partition coefficient (Wildman–Crippen LogP) is 3.24. The Labute approximate surface area is 107 Å². The van der Waals surface area contributed by atoms with E-state index in [-0.39, 0.29) is 22.6 Å². The second-order valence-electron chi connectivity index (χ2n) is 3.27. The van der Waals surface area contributed by atoms with Crippen molar-refractivity contribution in [1.29, 1.82) is 0 Å². The van der Waals surface area contributed by atoms with Crippen LogP contribution in [0.5, 0.6) is 11.6 Å². The van der Waals surface area contributed by atoms with Gasteiger partial charge in [-0.2, -0.15) is 9.37 Å². The molecule has 18 heavy (non-hydrogen) atoms. The zero-order valence-corrected chi connectivity index (χ0v) is 10.0. The van der Waals surface area contributed by atoms with Gasteiger partial charge in [0.25, 0.3) is 5.88 Å². The van der Waals surface area contributed by atoms with E-state index in [1.54, 1.807) is 7.05 Å². The number of rotatable bonds is 3. The van der Waals surface area contributed by atoms with Gasteiger partial charge in [-0.1, -0.05) is 11.6 Å². The van der Waals surface area contributed by atoms with E-state index >= 15 is 0 Å². The zero-order chi connectivity index (χ0) is 13.1. The molecule has 94 valence electrons. The number of hydrogen-bond donors (Lipinski definition) is 1. The van der Waals surface area contributed by atoms with E-state index in [9.17, 15) is 8.78 Å². The van der Waals surface area contributed by atoms with E-state index < -0.39 is 11.6 Å². The van der Waals surface area contributed by atoms with Gasteiger partial charge in [-0.15, -0.1) is 0 Å². The van der Waals surface area contributed by atoms with Crippen molar-refractivity contribution in [3.63, 3.8) is 0 Å². The third kappa shape index (κ3) is 2.65. The molecule has 2 rings (SSSR count). The molecule has 4 nitrogen and oxygen atoms in total. The maximum Gasteiger partial charge on any atom is 0.260 e. The van der Waals surface area contributed by atoms with Gasteiger partial charge in [-0.05, 0) is 18.2 Å². The van der Waals surface area contributed by atoms with Gasteiger partial charge in [0, 0.05) is 7.05 Å². The summed E-state index contributed by atoms with van der Waals surface area (Å²) in [4.78, 5) is 7.44. The van der Waals surface area contributed by atoms with Crippen LogP contribution < -0.4 is 10.1 Å². The highest BCUT2D eigenvalue weighted by Gasteiger charge is 2.11. The van der Waals surface area contributed by atoms with Crippen molar-refractivity contribution in [1.82, 2.24) is 9.97 Å². The summed E-state index contributed by atoms with van der Waals surface area (Å²) in [6.45, 7) is 0. The molecule has 0 aliphatic carbocycles. The van der Waals surface area contributed by atoms with Gasteiger partial charge < -0.3 is 10.1 Å². The molecule has 0 spiro atoms. The molecule has 0 aliphatic heterocycles. The first kappa shape index (κ1) is 12.5. The Morgan fingerprint density at radius 3 is 2.78 bits per heavy atom. The Kier molecular flexibility index (Phi) is 3.57. The van der Waals surface area contributed by atoms with Gasteiger partial charge in [0.05, 0.1) is 11.2 Å². The number of ether oxygens (including phenoxy) is 1. The van der Waals surface area contributed by atoms with Gasteiger partial charge in [-0.3, -0.25) is 0 Å². The largest absolute Gasteiger partial charge is 0.435 e. The van der Waals surface area contributed by atoms with Gasteiger partial charge >= 0.3 is 0 Å². The van der Waals surface area contributed by atoms with Crippen LogP contribution >= 0.6 is 11.6 Å². The number of benzene rings is 1. The molecule has 1 aromatic heterocycles. The van der Waals surface area contributed by atoms with Crippen LogP contribution in [0.3, 0.4) is 0 Å². The monoisotopic (exact) mass is 271 g/mol. The van der Waals surface area contributed by atoms with Crippen molar-refractivity contribution in [2.24, 2.45) is 0 Å². The molecule has 0 aliphatic rings. The van der Waals surface area contributed by atoms with Gasteiger partial charge in [-0.25, -0.2) is 9.37 Å². The van der Waals surface area contributed by atoms with E-state index in [0.717, 1.165) is 18.3 Å². The van der Waals surface area contributed by atoms with Gasteiger partial charge in [0.1, 0.15) is 11.6 Å². The Bertz CT molecular complexity index is 580. The molecule has 0 saturated heterocycles. The molecule has 1 aromatic carbocycles. The van der Waals surface area contributed by atoms with E-state index in [1.165, 1.54) is 6.07 Å². The smallest absolute Gasteiger partial charge is 0.260 e. The summed E-state index contributed by atoms with van der Waals surface area (Å²) >= 11 is 5.76. The number of anilines is 1. The van der Waals surface area contributed by atoms with Gasteiger partial charge in [0.2, 0.25) is 11.8 Å². The van der Waals surface area contributed by atoms with E-state index in [1.807, 2.05) is 0 Å². The van der Waals surface area contributed by atoms with Crippen LogP contribution in [0.25, 0.3) is 0 Å². The first-order chi connectivity index (χ1) is 8.60. The van der Waals surface area contributed by atoms with Crippen LogP contribution in [0, 0.1) is 11.6 Å². The highest BCUT2D eigenvalue weighted by atomic mass is 35.5. The number of nitrogens with one attached hydrogen (secondary N) is 1. The van der Waals surface area contributed by atoms with Crippen LogP contribution in [-0.2, 0) is 0 Å². The molecule has 1 N–H and O–H groups in total. The highest BCUT2D eigenvalue weighted by molar-refractivity contribution is 6.32. The van der Waals surface area contributed by atoms with Crippen molar-refractivity contribution in [3.8, 4) is 11.6 Å². The first-order valence-corrected chi connectivity index (χ1v) is 5.31. The molecule has 1 heterocycles. The van der Waals surface area contributed by atoms with Crippen LogP contribution in [0.4, 0.5) is 14.7 Å². The molecule has 0 radical (unpaired) electrons. The SMILES string of the molecule is CNc1ncc(F)c(Oc2ccc(F)cc2Cl)n1. The summed E-state index contributed by atoms with van der Waals surface area (Å²) in [6.07, 6.45) is 0.964. The molecule has 0 unspecified atom stereocenters. The number of halogens is 3. The lowest BCUT2D eigenvalue weighted by molar-refractivity contribution is 0.420. The molecule has 0 saturated carbocycles. The molecule has 0 bridgehead atoms. The summed E-state index contributed by atoms with van der Waals surface area (Å²) in [5, 5.41) is 2.67. The fourth-order valence-corrected chi connectivity index (χ4v) is 1.41. The summed E-state index contributed by atoms with van der Waals surface area (Å²) < 4.78 is 31.4. The Balaban J connectivity index is 2.33. The Morgan fingerprint density at radius 1 is 1.33 bits per heavy atom. The molecular weight excluding hydrogens is 264 g/mol. The van der Waals surface area contributed by atoms with Crippen molar-refractivity contribution in [2.75, 3.05) is 12.4 Å². The minimum Gasteiger partial charge on any atom is -0.435 e. The minimum absolute atomic E-state index is 0.0269. The summed E-state index contributed by atoms with van der Waals surface area (Å²) in [7, 11) is 1.59. The minimum atomic E-state index is -0.741. The fourth-order valence-electron chi connectivity index (χ4n) is 1.21. The van der Waals surface area contributed by atoms with E-state index in [0.29, 0.717) is 0 Å². The zero-order valence-electron chi connectivity index (χ0n) is 9.25. The Morgan fingerprint density at radius 2 is 2.11 bits per heavy atom. The van der Waals surface area contributed by atoms with Crippen molar-refractivity contribution in [3.05, 3.63) is 41.1 Å².